The topological polar surface area (TPSA) is 42.0 Å². The van der Waals surface area contributed by atoms with Crippen molar-refractivity contribution in [2.24, 2.45) is 0 Å². The zero-order chi connectivity index (χ0) is 15.8. The van der Waals surface area contributed by atoms with Crippen LogP contribution in [0.3, 0.4) is 0 Å². The van der Waals surface area contributed by atoms with Crippen molar-refractivity contribution in [2.75, 3.05) is 0 Å². The fraction of sp³-hybridized carbons (Fsp3) is 0.438. The molecule has 1 aromatic carbocycles. The van der Waals surface area contributed by atoms with Gasteiger partial charge in [0.25, 0.3) is 0 Å². The van der Waals surface area contributed by atoms with E-state index >= 15 is 0 Å². The van der Waals surface area contributed by atoms with Gasteiger partial charge in [-0.2, -0.15) is 0 Å². The summed E-state index contributed by atoms with van der Waals surface area (Å²) in [6.07, 6.45) is 0. The molecule has 0 amide bonds. The Labute approximate surface area is 137 Å². The van der Waals surface area contributed by atoms with Gasteiger partial charge in [0.1, 0.15) is 0 Å². The van der Waals surface area contributed by atoms with Crippen molar-refractivity contribution in [1.29, 1.82) is 0 Å². The zero-order valence-electron chi connectivity index (χ0n) is 13.0. The van der Waals surface area contributed by atoms with E-state index in [4.69, 9.17) is 4.98 Å². The molecule has 0 aliphatic heterocycles. The van der Waals surface area contributed by atoms with Crippen LogP contribution in [0, 0.1) is 6.92 Å². The summed E-state index contributed by atoms with van der Waals surface area (Å²) in [5.41, 5.74) is 2.99. The Balaban J connectivity index is 2.37. The molecule has 3 nitrogen and oxygen atoms in total. The number of rotatable bonds is 3. The minimum absolute atomic E-state index is 0.0616. The number of hydrogen-bond acceptors (Lipinski definition) is 2. The van der Waals surface area contributed by atoms with Gasteiger partial charge in [0.2, 0.25) is 0 Å². The average Bonchev–Trinajstić information content (AvgIpc) is 2.37. The Kier molecular flexibility index (Phi) is 4.85. The molecule has 0 radical (unpaired) electrons. The predicted molar refractivity (Wildman–Crippen MR) is 93.6 cm³/mol. The predicted octanol–water partition coefficient (Wildman–Crippen LogP) is 4.42. The second kappa shape index (κ2) is 6.15. The number of nitrogens with one attached hydrogen (secondary N) is 1. The quantitative estimate of drug-likeness (QED) is 0.870. The molecule has 0 saturated heterocycles. The summed E-state index contributed by atoms with van der Waals surface area (Å²) in [7, 11) is -1.11. The van der Waals surface area contributed by atoms with Crippen LogP contribution < -0.4 is 4.72 Å². The van der Waals surface area contributed by atoms with Gasteiger partial charge in [-0.1, -0.05) is 22.0 Å². The van der Waals surface area contributed by atoms with E-state index in [1.807, 2.05) is 46.8 Å². The lowest BCUT2D eigenvalue weighted by Crippen LogP contribution is -2.35. The van der Waals surface area contributed by atoms with Crippen molar-refractivity contribution < 1.29 is 4.21 Å². The number of benzene rings is 1. The summed E-state index contributed by atoms with van der Waals surface area (Å²) in [4.78, 5) is 4.74. The highest BCUT2D eigenvalue weighted by Gasteiger charge is 2.23. The maximum absolute atomic E-state index is 12.2. The van der Waals surface area contributed by atoms with Crippen LogP contribution in [0.4, 0.5) is 0 Å². The molecule has 0 fully saturated rings. The maximum atomic E-state index is 12.2. The van der Waals surface area contributed by atoms with Crippen LogP contribution in [0.15, 0.2) is 28.7 Å². The SMILES string of the molecule is Cc1cc2ccc(Br)cc2nc1[C@@H](C)N[S@@](=O)C(C)(C)C. The van der Waals surface area contributed by atoms with E-state index in [0.29, 0.717) is 0 Å². The summed E-state index contributed by atoms with van der Waals surface area (Å²) in [6, 6.07) is 8.13. The Morgan fingerprint density at radius 3 is 2.57 bits per heavy atom. The van der Waals surface area contributed by atoms with Crippen LogP contribution in [0.1, 0.15) is 45.0 Å². The minimum atomic E-state index is -1.11. The number of hydrogen-bond donors (Lipinski definition) is 1. The van der Waals surface area contributed by atoms with Gasteiger partial charge in [-0.25, -0.2) is 8.93 Å². The molecule has 0 aliphatic rings. The molecule has 0 spiro atoms. The summed E-state index contributed by atoms with van der Waals surface area (Å²) < 4.78 is 16.1. The first kappa shape index (κ1) is 16.6. The van der Waals surface area contributed by atoms with Crippen LogP contribution in [0.5, 0.6) is 0 Å². The lowest BCUT2D eigenvalue weighted by Gasteiger charge is -2.22. The molecule has 0 unspecified atom stereocenters. The van der Waals surface area contributed by atoms with Crippen LogP contribution in [0.2, 0.25) is 0 Å². The standard InChI is InChI=1S/C16H21BrN2OS/c1-10-8-12-6-7-13(17)9-14(12)18-15(10)11(2)19-21(20)16(3,4)5/h6-9,11,19H,1-5H3/t11-,21+/m1/s1. The van der Waals surface area contributed by atoms with E-state index in [9.17, 15) is 4.21 Å². The number of aromatic nitrogens is 1. The van der Waals surface area contributed by atoms with Gasteiger partial charge in [0, 0.05) is 9.86 Å². The molecule has 0 aliphatic carbocycles. The monoisotopic (exact) mass is 368 g/mol. The Bertz CT molecular complexity index is 694. The van der Waals surface area contributed by atoms with E-state index in [-0.39, 0.29) is 10.8 Å². The average molecular weight is 369 g/mol. The molecule has 0 bridgehead atoms. The first-order valence-electron chi connectivity index (χ1n) is 6.93. The van der Waals surface area contributed by atoms with Gasteiger partial charge in [-0.3, -0.25) is 4.98 Å². The highest BCUT2D eigenvalue weighted by atomic mass is 79.9. The number of halogens is 1. The van der Waals surface area contributed by atoms with E-state index < -0.39 is 11.0 Å². The molecule has 1 heterocycles. The lowest BCUT2D eigenvalue weighted by molar-refractivity contribution is 0.611. The molecule has 114 valence electrons. The summed E-state index contributed by atoms with van der Waals surface area (Å²) >= 11 is 3.47. The van der Waals surface area contributed by atoms with Gasteiger partial charge in [-0.05, 0) is 58.4 Å². The fourth-order valence-corrected chi connectivity index (χ4v) is 3.23. The third kappa shape index (κ3) is 3.90. The Morgan fingerprint density at radius 2 is 1.95 bits per heavy atom. The van der Waals surface area contributed by atoms with Crippen molar-refractivity contribution >= 4 is 37.8 Å². The molecular formula is C16H21BrN2OS. The first-order chi connectivity index (χ1) is 9.68. The summed E-state index contributed by atoms with van der Waals surface area (Å²) in [6.45, 7) is 9.92. The van der Waals surface area contributed by atoms with E-state index in [2.05, 4.69) is 32.8 Å². The van der Waals surface area contributed by atoms with Crippen molar-refractivity contribution in [3.8, 4) is 0 Å². The van der Waals surface area contributed by atoms with Gasteiger partial charge in [0.15, 0.2) is 0 Å². The van der Waals surface area contributed by atoms with Crippen molar-refractivity contribution in [2.45, 2.75) is 45.4 Å². The van der Waals surface area contributed by atoms with Crippen molar-refractivity contribution in [3.05, 3.63) is 40.0 Å². The normalized spacial score (nSPS) is 15.1. The summed E-state index contributed by atoms with van der Waals surface area (Å²) in [5.74, 6) is 0. The molecule has 5 heteroatoms. The smallest absolute Gasteiger partial charge is 0.0976 e. The van der Waals surface area contributed by atoms with Crippen LogP contribution in [-0.2, 0) is 11.0 Å². The fourth-order valence-electron chi connectivity index (χ4n) is 2.09. The number of pyridine rings is 1. The second-order valence-electron chi connectivity index (χ2n) is 6.25. The lowest BCUT2D eigenvalue weighted by atomic mass is 10.1. The largest absolute Gasteiger partial charge is 0.251 e. The number of nitrogens with zero attached hydrogens (tertiary/aromatic N) is 1. The molecule has 2 atom stereocenters. The van der Waals surface area contributed by atoms with Crippen molar-refractivity contribution in [3.63, 3.8) is 0 Å². The molecule has 1 aromatic heterocycles. The molecule has 0 saturated carbocycles. The van der Waals surface area contributed by atoms with Crippen LogP contribution in [-0.4, -0.2) is 13.9 Å². The third-order valence-corrected chi connectivity index (χ3v) is 5.43. The minimum Gasteiger partial charge on any atom is -0.251 e. The second-order valence-corrected chi connectivity index (χ2v) is 9.16. The third-order valence-electron chi connectivity index (χ3n) is 3.26. The Morgan fingerprint density at radius 1 is 1.29 bits per heavy atom. The Hall–Kier alpha value is -0.780. The number of aryl methyl sites for hydroxylation is 1. The summed E-state index contributed by atoms with van der Waals surface area (Å²) in [5, 5.41) is 1.11. The zero-order valence-corrected chi connectivity index (χ0v) is 15.4. The first-order valence-corrected chi connectivity index (χ1v) is 8.87. The van der Waals surface area contributed by atoms with Gasteiger partial charge >= 0.3 is 0 Å². The molecule has 2 rings (SSSR count). The van der Waals surface area contributed by atoms with Crippen LogP contribution >= 0.6 is 15.9 Å². The van der Waals surface area contributed by atoms with E-state index in [1.165, 1.54) is 0 Å². The van der Waals surface area contributed by atoms with Gasteiger partial charge in [-0.15, -0.1) is 0 Å². The highest BCUT2D eigenvalue weighted by Crippen LogP contribution is 2.24. The molecule has 21 heavy (non-hydrogen) atoms. The van der Waals surface area contributed by atoms with E-state index in [0.717, 1.165) is 26.6 Å². The van der Waals surface area contributed by atoms with Crippen molar-refractivity contribution in [1.82, 2.24) is 9.71 Å². The van der Waals surface area contributed by atoms with Crippen LogP contribution in [0.25, 0.3) is 10.9 Å². The maximum Gasteiger partial charge on any atom is 0.0976 e. The molecule has 2 aromatic rings. The molecule has 1 N–H and O–H groups in total. The van der Waals surface area contributed by atoms with Gasteiger partial charge in [0.05, 0.1) is 33.0 Å². The number of fused-ring (bicyclic) bond motifs is 1. The van der Waals surface area contributed by atoms with Gasteiger partial charge < -0.3 is 0 Å². The molecular weight excluding hydrogens is 348 g/mol. The van der Waals surface area contributed by atoms with E-state index in [1.54, 1.807) is 0 Å². The highest BCUT2D eigenvalue weighted by molar-refractivity contribution is 9.10.